The number of amides is 1. The number of hydrogen-bond donors (Lipinski definition) is 2. The Kier molecular flexibility index (Phi) is 5.20. The van der Waals surface area contributed by atoms with Gasteiger partial charge < -0.3 is 10.4 Å². The molecule has 17 heavy (non-hydrogen) atoms. The van der Waals surface area contributed by atoms with Crippen LogP contribution in [0.15, 0.2) is 18.2 Å². The maximum atomic E-state index is 11.9. The summed E-state index contributed by atoms with van der Waals surface area (Å²) in [6.45, 7) is 1.70. The molecule has 1 aromatic rings. The molecular formula is C11H11ClINO3. The first-order chi connectivity index (χ1) is 7.95. The van der Waals surface area contributed by atoms with E-state index >= 15 is 0 Å². The molecule has 0 aliphatic rings. The number of hydrogen-bond acceptors (Lipinski definition) is 2. The molecule has 1 amide bonds. The third kappa shape index (κ3) is 3.85. The van der Waals surface area contributed by atoms with Crippen LogP contribution >= 0.6 is 34.2 Å². The van der Waals surface area contributed by atoms with E-state index in [2.05, 4.69) is 5.32 Å². The number of benzene rings is 1. The molecule has 0 bridgehead atoms. The molecule has 1 rings (SSSR count). The molecule has 0 radical (unpaired) electrons. The van der Waals surface area contributed by atoms with Crippen molar-refractivity contribution in [2.24, 2.45) is 0 Å². The summed E-state index contributed by atoms with van der Waals surface area (Å²) in [5.41, 5.74) is 0.387. The van der Waals surface area contributed by atoms with Gasteiger partial charge in [-0.25, -0.2) is 4.79 Å². The molecular weight excluding hydrogens is 356 g/mol. The first-order valence-corrected chi connectivity index (χ1v) is 6.40. The fourth-order valence-electron chi connectivity index (χ4n) is 1.25. The maximum absolute atomic E-state index is 11.9. The van der Waals surface area contributed by atoms with E-state index < -0.39 is 17.9 Å². The van der Waals surface area contributed by atoms with Crippen molar-refractivity contribution in [2.45, 2.75) is 19.4 Å². The molecule has 0 heterocycles. The van der Waals surface area contributed by atoms with E-state index in [9.17, 15) is 9.59 Å². The van der Waals surface area contributed by atoms with Gasteiger partial charge in [0.2, 0.25) is 0 Å². The molecule has 0 aliphatic heterocycles. The number of rotatable bonds is 4. The van der Waals surface area contributed by atoms with E-state index in [0.29, 0.717) is 17.0 Å². The molecule has 0 spiro atoms. The molecule has 92 valence electrons. The predicted octanol–water partition coefficient (Wildman–Crippen LogP) is 2.54. The molecule has 4 nitrogen and oxygen atoms in total. The number of aliphatic carboxylic acids is 1. The van der Waals surface area contributed by atoms with Crippen molar-refractivity contribution in [1.29, 1.82) is 0 Å². The topological polar surface area (TPSA) is 66.4 Å². The van der Waals surface area contributed by atoms with Gasteiger partial charge in [0.05, 0.1) is 5.56 Å². The summed E-state index contributed by atoms with van der Waals surface area (Å²) >= 11 is 7.80. The van der Waals surface area contributed by atoms with Crippen LogP contribution in [0, 0.1) is 3.57 Å². The first kappa shape index (κ1) is 14.2. The van der Waals surface area contributed by atoms with Gasteiger partial charge in [-0.2, -0.15) is 0 Å². The van der Waals surface area contributed by atoms with Crippen molar-refractivity contribution in [3.8, 4) is 0 Å². The number of carbonyl (C=O) groups excluding carboxylic acids is 1. The molecule has 1 atom stereocenters. The Morgan fingerprint density at radius 3 is 2.71 bits per heavy atom. The monoisotopic (exact) mass is 367 g/mol. The summed E-state index contributed by atoms with van der Waals surface area (Å²) in [5, 5.41) is 11.7. The minimum Gasteiger partial charge on any atom is -0.480 e. The Bertz CT molecular complexity index is 450. The second-order valence-corrected chi connectivity index (χ2v) is 5.00. The summed E-state index contributed by atoms with van der Waals surface area (Å²) < 4.78 is 0.727. The van der Waals surface area contributed by atoms with Crippen LogP contribution in [0.5, 0.6) is 0 Å². The van der Waals surface area contributed by atoms with Gasteiger partial charge in [0.1, 0.15) is 6.04 Å². The predicted molar refractivity (Wildman–Crippen MR) is 73.4 cm³/mol. The minimum atomic E-state index is -1.04. The molecule has 6 heteroatoms. The smallest absolute Gasteiger partial charge is 0.326 e. The van der Waals surface area contributed by atoms with Crippen molar-refractivity contribution in [3.05, 3.63) is 32.4 Å². The molecule has 0 aromatic heterocycles. The Balaban J connectivity index is 2.89. The average molecular weight is 368 g/mol. The highest BCUT2D eigenvalue weighted by atomic mass is 127. The Hall–Kier alpha value is -0.820. The quantitative estimate of drug-likeness (QED) is 0.804. The zero-order valence-electron chi connectivity index (χ0n) is 9.04. The highest BCUT2D eigenvalue weighted by Crippen LogP contribution is 2.18. The van der Waals surface area contributed by atoms with Crippen molar-refractivity contribution >= 4 is 46.1 Å². The average Bonchev–Trinajstić information content (AvgIpc) is 2.28. The number of halogens is 2. The summed E-state index contributed by atoms with van der Waals surface area (Å²) in [6.07, 6.45) is 0.332. The number of carboxylic acids is 1. The van der Waals surface area contributed by atoms with Gasteiger partial charge in [0.25, 0.3) is 5.91 Å². The lowest BCUT2D eigenvalue weighted by molar-refractivity contribution is -0.139. The summed E-state index contributed by atoms with van der Waals surface area (Å²) in [7, 11) is 0. The minimum absolute atomic E-state index is 0.332. The Morgan fingerprint density at radius 2 is 2.18 bits per heavy atom. The van der Waals surface area contributed by atoms with Crippen LogP contribution in [-0.4, -0.2) is 23.0 Å². The van der Waals surface area contributed by atoms with Crippen molar-refractivity contribution in [2.75, 3.05) is 0 Å². The van der Waals surface area contributed by atoms with Crippen LogP contribution in [0.1, 0.15) is 23.7 Å². The van der Waals surface area contributed by atoms with Crippen LogP contribution in [0.3, 0.4) is 0 Å². The normalized spacial score (nSPS) is 11.9. The SMILES string of the molecule is CCC(NC(=O)c1cc(Cl)ccc1I)C(=O)O. The fraction of sp³-hybridized carbons (Fsp3) is 0.273. The fourth-order valence-corrected chi connectivity index (χ4v) is 2.00. The van der Waals surface area contributed by atoms with E-state index in [0.717, 1.165) is 3.57 Å². The van der Waals surface area contributed by atoms with Crippen LogP contribution in [0.2, 0.25) is 5.02 Å². The van der Waals surface area contributed by atoms with Gasteiger partial charge in [0, 0.05) is 8.59 Å². The van der Waals surface area contributed by atoms with Gasteiger partial charge in [0.15, 0.2) is 0 Å². The standard InChI is InChI=1S/C11H11ClINO3/c1-2-9(11(16)17)14-10(15)7-5-6(12)3-4-8(7)13/h3-5,9H,2H2,1H3,(H,14,15)(H,16,17). The van der Waals surface area contributed by atoms with Gasteiger partial charge in [-0.15, -0.1) is 0 Å². The van der Waals surface area contributed by atoms with E-state index in [1.165, 1.54) is 6.07 Å². The van der Waals surface area contributed by atoms with Crippen LogP contribution in [-0.2, 0) is 4.79 Å². The zero-order valence-corrected chi connectivity index (χ0v) is 11.9. The lowest BCUT2D eigenvalue weighted by Gasteiger charge is -2.13. The van der Waals surface area contributed by atoms with Crippen LogP contribution in [0.4, 0.5) is 0 Å². The van der Waals surface area contributed by atoms with Gasteiger partial charge in [-0.1, -0.05) is 18.5 Å². The second-order valence-electron chi connectivity index (χ2n) is 3.40. The molecule has 0 saturated carbocycles. The van der Waals surface area contributed by atoms with Crippen molar-refractivity contribution in [1.82, 2.24) is 5.32 Å². The Morgan fingerprint density at radius 1 is 1.53 bits per heavy atom. The molecule has 2 N–H and O–H groups in total. The highest BCUT2D eigenvalue weighted by Gasteiger charge is 2.19. The molecule has 1 unspecified atom stereocenters. The van der Waals surface area contributed by atoms with Crippen molar-refractivity contribution in [3.63, 3.8) is 0 Å². The summed E-state index contributed by atoms with van der Waals surface area (Å²) in [4.78, 5) is 22.7. The van der Waals surface area contributed by atoms with E-state index in [4.69, 9.17) is 16.7 Å². The van der Waals surface area contributed by atoms with Gasteiger partial charge >= 0.3 is 5.97 Å². The van der Waals surface area contributed by atoms with E-state index in [1.54, 1.807) is 19.1 Å². The van der Waals surface area contributed by atoms with Gasteiger partial charge in [-0.05, 0) is 47.2 Å². The summed E-state index contributed by atoms with van der Waals surface area (Å²) in [5.74, 6) is -1.47. The number of carboxylic acid groups (broad SMARTS) is 1. The Labute approximate surface area is 117 Å². The molecule has 0 saturated heterocycles. The first-order valence-electron chi connectivity index (χ1n) is 4.94. The van der Waals surface area contributed by atoms with E-state index in [-0.39, 0.29) is 0 Å². The lowest BCUT2D eigenvalue weighted by atomic mass is 10.1. The maximum Gasteiger partial charge on any atom is 0.326 e. The van der Waals surface area contributed by atoms with E-state index in [1.807, 2.05) is 22.6 Å². The third-order valence-electron chi connectivity index (χ3n) is 2.18. The van der Waals surface area contributed by atoms with Crippen LogP contribution < -0.4 is 5.32 Å². The van der Waals surface area contributed by atoms with Crippen LogP contribution in [0.25, 0.3) is 0 Å². The van der Waals surface area contributed by atoms with Crippen molar-refractivity contribution < 1.29 is 14.7 Å². The largest absolute Gasteiger partial charge is 0.480 e. The second kappa shape index (κ2) is 6.20. The summed E-state index contributed by atoms with van der Waals surface area (Å²) in [6, 6.07) is 4.03. The number of carbonyl (C=O) groups is 2. The molecule has 0 aliphatic carbocycles. The number of nitrogens with one attached hydrogen (secondary N) is 1. The third-order valence-corrected chi connectivity index (χ3v) is 3.36. The highest BCUT2D eigenvalue weighted by molar-refractivity contribution is 14.1. The molecule has 1 aromatic carbocycles. The molecule has 0 fully saturated rings. The zero-order chi connectivity index (χ0) is 13.0. The lowest BCUT2D eigenvalue weighted by Crippen LogP contribution is -2.40. The van der Waals surface area contributed by atoms with Gasteiger partial charge in [-0.3, -0.25) is 4.79 Å².